The van der Waals surface area contributed by atoms with Gasteiger partial charge in [0.05, 0.1) is 24.3 Å². The first-order valence-corrected chi connectivity index (χ1v) is 7.93. The minimum absolute atomic E-state index is 0.0276. The molecule has 1 aromatic rings. The van der Waals surface area contributed by atoms with Crippen LogP contribution in [0.1, 0.15) is 34.1 Å². The number of amides is 3. The van der Waals surface area contributed by atoms with Crippen molar-refractivity contribution in [1.29, 1.82) is 0 Å². The molecule has 2 rings (SSSR count). The molecule has 3 amide bonds. The van der Waals surface area contributed by atoms with Crippen LogP contribution in [0.3, 0.4) is 0 Å². The lowest BCUT2D eigenvalue weighted by Gasteiger charge is -2.15. The first-order chi connectivity index (χ1) is 12.3. The maximum atomic E-state index is 12.4. The van der Waals surface area contributed by atoms with E-state index < -0.39 is 16.9 Å². The lowest BCUT2D eigenvalue weighted by molar-refractivity contribution is -0.757. The van der Waals surface area contributed by atoms with Crippen molar-refractivity contribution in [3.63, 3.8) is 0 Å². The highest BCUT2D eigenvalue weighted by Crippen LogP contribution is 2.27. The minimum atomic E-state index is -0.921. The summed E-state index contributed by atoms with van der Waals surface area (Å²) in [6, 6.07) is 4.57. The fraction of sp³-hybridized carbons (Fsp3) is 0.438. The Labute approximate surface area is 149 Å². The van der Waals surface area contributed by atoms with Crippen LogP contribution >= 0.6 is 0 Å². The van der Waals surface area contributed by atoms with Gasteiger partial charge in [-0.15, -0.1) is 10.1 Å². The molecule has 0 N–H and O–H groups in total. The third-order valence-electron chi connectivity index (χ3n) is 3.90. The second kappa shape index (κ2) is 8.28. The molecule has 1 heterocycles. The summed E-state index contributed by atoms with van der Waals surface area (Å²) >= 11 is 0. The van der Waals surface area contributed by atoms with E-state index >= 15 is 0 Å². The summed E-state index contributed by atoms with van der Waals surface area (Å²) in [4.78, 5) is 52.6. The number of ether oxygens (including phenoxy) is 1. The Morgan fingerprint density at radius 1 is 1.23 bits per heavy atom. The van der Waals surface area contributed by atoms with Gasteiger partial charge in [-0.1, -0.05) is 0 Å². The van der Waals surface area contributed by atoms with Gasteiger partial charge in [0, 0.05) is 20.5 Å². The molecule has 0 atom stereocenters. The van der Waals surface area contributed by atoms with Gasteiger partial charge in [0.15, 0.2) is 0 Å². The first-order valence-electron chi connectivity index (χ1n) is 7.93. The summed E-state index contributed by atoms with van der Waals surface area (Å²) in [5.41, 5.74) is 0.487. The zero-order valence-electron chi connectivity index (χ0n) is 14.5. The highest BCUT2D eigenvalue weighted by molar-refractivity contribution is 6.21. The molecule has 0 spiro atoms. The highest BCUT2D eigenvalue weighted by Gasteiger charge is 2.35. The van der Waals surface area contributed by atoms with E-state index in [0.717, 1.165) is 4.90 Å². The number of rotatable bonds is 9. The van der Waals surface area contributed by atoms with E-state index in [1.54, 1.807) is 13.1 Å². The van der Waals surface area contributed by atoms with Crippen LogP contribution in [0.4, 0.5) is 0 Å². The van der Waals surface area contributed by atoms with Crippen molar-refractivity contribution in [2.24, 2.45) is 0 Å². The maximum Gasteiger partial charge on any atom is 0.294 e. The molecule has 1 aromatic carbocycles. The van der Waals surface area contributed by atoms with Crippen molar-refractivity contribution in [2.45, 2.75) is 13.3 Å². The number of carbonyl (C=O) groups is 3. The molecule has 10 nitrogen and oxygen atoms in total. The Hall–Kier alpha value is -3.17. The third-order valence-corrected chi connectivity index (χ3v) is 3.90. The van der Waals surface area contributed by atoms with Gasteiger partial charge in [0.2, 0.25) is 5.91 Å². The van der Waals surface area contributed by atoms with E-state index in [4.69, 9.17) is 4.74 Å². The number of hydrogen-bond donors (Lipinski definition) is 0. The molecule has 0 radical (unpaired) electrons. The molecule has 1 aliphatic rings. The predicted molar refractivity (Wildman–Crippen MR) is 88.2 cm³/mol. The molecule has 26 heavy (non-hydrogen) atoms. The fourth-order valence-electron chi connectivity index (χ4n) is 2.38. The lowest BCUT2D eigenvalue weighted by atomic mass is 10.1. The van der Waals surface area contributed by atoms with Crippen molar-refractivity contribution < 1.29 is 29.0 Å². The van der Waals surface area contributed by atoms with Crippen LogP contribution in [0.15, 0.2) is 18.2 Å². The summed E-state index contributed by atoms with van der Waals surface area (Å²) in [6.45, 7) is 1.92. The molecular formula is C16H19N3O7. The van der Waals surface area contributed by atoms with E-state index in [2.05, 4.69) is 4.84 Å². The molecule has 140 valence electrons. The normalized spacial score (nSPS) is 12.8. The number of imide groups is 1. The van der Waals surface area contributed by atoms with Crippen LogP contribution in [0, 0.1) is 10.1 Å². The predicted octanol–water partition coefficient (Wildman–Crippen LogP) is 0.738. The Bertz CT molecular complexity index is 735. The number of carbonyl (C=O) groups excluding carboxylic acids is 3. The molecule has 0 saturated heterocycles. The van der Waals surface area contributed by atoms with Crippen molar-refractivity contribution in [1.82, 2.24) is 9.80 Å². The third kappa shape index (κ3) is 4.47. The number of hydrogen-bond acceptors (Lipinski definition) is 7. The van der Waals surface area contributed by atoms with Crippen molar-refractivity contribution in [3.05, 3.63) is 39.4 Å². The van der Waals surface area contributed by atoms with E-state index in [0.29, 0.717) is 12.3 Å². The smallest absolute Gasteiger partial charge is 0.294 e. The van der Waals surface area contributed by atoms with Gasteiger partial charge < -0.3 is 14.5 Å². The molecule has 0 aliphatic carbocycles. The van der Waals surface area contributed by atoms with E-state index in [1.807, 2.05) is 0 Å². The van der Waals surface area contributed by atoms with Crippen molar-refractivity contribution >= 4 is 17.7 Å². The van der Waals surface area contributed by atoms with Crippen LogP contribution in [0.25, 0.3) is 0 Å². The van der Waals surface area contributed by atoms with E-state index in [1.165, 1.54) is 24.0 Å². The van der Waals surface area contributed by atoms with Gasteiger partial charge in [-0.05, 0) is 24.6 Å². The average molecular weight is 365 g/mol. The molecule has 0 saturated carbocycles. The fourth-order valence-corrected chi connectivity index (χ4v) is 2.38. The van der Waals surface area contributed by atoms with Crippen molar-refractivity contribution in [2.75, 3.05) is 33.4 Å². The molecule has 0 aromatic heterocycles. The number of likely N-dealkylation sites (N-methyl/N-ethyl adjacent to an activating group) is 1. The molecular weight excluding hydrogens is 346 g/mol. The van der Waals surface area contributed by atoms with Gasteiger partial charge in [-0.3, -0.25) is 19.3 Å². The summed E-state index contributed by atoms with van der Waals surface area (Å²) in [5, 5.41) is 9.18. The second-order valence-corrected chi connectivity index (χ2v) is 5.67. The van der Waals surface area contributed by atoms with Gasteiger partial charge in [-0.2, -0.15) is 0 Å². The summed E-state index contributed by atoms with van der Waals surface area (Å²) in [6.07, 6.45) is 0.160. The van der Waals surface area contributed by atoms with Gasteiger partial charge >= 0.3 is 0 Å². The number of fused-ring (bicyclic) bond motifs is 1. The summed E-state index contributed by atoms with van der Waals surface area (Å²) < 4.78 is 5.52. The van der Waals surface area contributed by atoms with Crippen LogP contribution < -0.4 is 4.74 Å². The highest BCUT2D eigenvalue weighted by atomic mass is 16.9. The second-order valence-electron chi connectivity index (χ2n) is 5.67. The summed E-state index contributed by atoms with van der Waals surface area (Å²) in [7, 11) is 1.65. The molecule has 0 fully saturated rings. The zero-order valence-corrected chi connectivity index (χ0v) is 14.5. The van der Waals surface area contributed by atoms with E-state index in [9.17, 15) is 24.5 Å². The van der Waals surface area contributed by atoms with Crippen LogP contribution in [-0.2, 0) is 9.63 Å². The van der Waals surface area contributed by atoms with Crippen LogP contribution in [0.5, 0.6) is 5.75 Å². The first kappa shape index (κ1) is 19.2. The van der Waals surface area contributed by atoms with E-state index in [-0.39, 0.29) is 43.2 Å². The van der Waals surface area contributed by atoms with Crippen LogP contribution in [0.2, 0.25) is 0 Å². The summed E-state index contributed by atoms with van der Waals surface area (Å²) in [5.74, 6) is -0.591. The molecule has 0 unspecified atom stereocenters. The number of benzene rings is 1. The molecule has 1 aliphatic heterocycles. The zero-order chi connectivity index (χ0) is 19.3. The average Bonchev–Trinajstić information content (AvgIpc) is 2.82. The Morgan fingerprint density at radius 3 is 2.58 bits per heavy atom. The Kier molecular flexibility index (Phi) is 6.10. The minimum Gasteiger partial charge on any atom is -0.492 e. The Morgan fingerprint density at radius 2 is 1.92 bits per heavy atom. The standard InChI is InChI=1S/C16H19N3O7/c1-11(20)17(2)7-9-25-12-4-5-13-14(10-12)16(22)18(15(13)21)6-3-8-26-19(23)24/h4-5,10H,3,6-9H2,1-2H3. The topological polar surface area (TPSA) is 119 Å². The monoisotopic (exact) mass is 365 g/mol. The van der Waals surface area contributed by atoms with Gasteiger partial charge in [0.1, 0.15) is 12.4 Å². The Balaban J connectivity index is 1.96. The quantitative estimate of drug-likeness (QED) is 0.274. The van der Waals surface area contributed by atoms with Gasteiger partial charge in [-0.25, -0.2) is 0 Å². The van der Waals surface area contributed by atoms with Crippen LogP contribution in [-0.4, -0.2) is 66.0 Å². The van der Waals surface area contributed by atoms with Crippen molar-refractivity contribution in [3.8, 4) is 5.75 Å². The largest absolute Gasteiger partial charge is 0.492 e. The lowest BCUT2D eigenvalue weighted by Crippen LogP contribution is -2.31. The maximum absolute atomic E-state index is 12.4. The number of nitrogens with zero attached hydrogens (tertiary/aromatic N) is 3. The molecule has 10 heteroatoms. The van der Waals surface area contributed by atoms with Gasteiger partial charge in [0.25, 0.3) is 16.9 Å². The molecule has 0 bridgehead atoms. The SMILES string of the molecule is CC(=O)N(C)CCOc1ccc2c(c1)C(=O)N(CCCO[N+](=O)[O-])C2=O.